The molecule has 2 N–H and O–H groups in total. The topological polar surface area (TPSA) is 64.7 Å². The minimum Gasteiger partial charge on any atom is -0.338 e. The van der Waals surface area contributed by atoms with Crippen LogP contribution in [0.4, 0.5) is 14.9 Å². The van der Waals surface area contributed by atoms with Gasteiger partial charge in [-0.15, -0.1) is 12.4 Å². The van der Waals surface area contributed by atoms with Crippen LogP contribution in [0.1, 0.15) is 28.4 Å². The van der Waals surface area contributed by atoms with E-state index in [1.165, 1.54) is 12.1 Å². The van der Waals surface area contributed by atoms with Crippen LogP contribution in [0.2, 0.25) is 0 Å². The summed E-state index contributed by atoms with van der Waals surface area (Å²) in [6.45, 7) is 3.09. The first-order valence-corrected chi connectivity index (χ1v) is 9.56. The minimum absolute atomic E-state index is 0. The first-order valence-electron chi connectivity index (χ1n) is 9.56. The maximum atomic E-state index is 13.7. The summed E-state index contributed by atoms with van der Waals surface area (Å²) in [5, 5.41) is 6.10. The fourth-order valence-electron chi connectivity index (χ4n) is 3.81. The highest BCUT2D eigenvalue weighted by Crippen LogP contribution is 2.26. The minimum atomic E-state index is -0.311. The molecule has 0 saturated carbocycles. The summed E-state index contributed by atoms with van der Waals surface area (Å²) in [6.07, 6.45) is 0.864. The molecule has 3 amide bonds. The van der Waals surface area contributed by atoms with Crippen LogP contribution in [0.25, 0.3) is 0 Å². The number of rotatable bonds is 3. The second kappa shape index (κ2) is 9.24. The summed E-state index contributed by atoms with van der Waals surface area (Å²) < 4.78 is 13.7. The van der Waals surface area contributed by atoms with Crippen LogP contribution in [-0.4, -0.2) is 49.6 Å². The largest absolute Gasteiger partial charge is 0.338 e. The number of piperazine rings is 1. The maximum absolute atomic E-state index is 13.7. The molecular weight excluding hydrogens is 395 g/mol. The first kappa shape index (κ1) is 21.1. The molecule has 0 radical (unpaired) electrons. The predicted molar refractivity (Wildman–Crippen MR) is 112 cm³/mol. The van der Waals surface area contributed by atoms with Crippen molar-refractivity contribution in [3.8, 4) is 0 Å². The van der Waals surface area contributed by atoms with E-state index in [1.807, 2.05) is 12.1 Å². The molecular formula is C21H24ClFN4O2. The molecule has 8 heteroatoms. The zero-order chi connectivity index (χ0) is 19.5. The van der Waals surface area contributed by atoms with E-state index >= 15 is 0 Å². The Kier molecular flexibility index (Phi) is 6.71. The quantitative estimate of drug-likeness (QED) is 0.805. The van der Waals surface area contributed by atoms with Crippen LogP contribution in [0.15, 0.2) is 48.5 Å². The summed E-state index contributed by atoms with van der Waals surface area (Å²) in [6, 6.07) is 13.2. The molecule has 1 atom stereocenters. The van der Waals surface area contributed by atoms with Crippen molar-refractivity contribution in [1.82, 2.24) is 15.5 Å². The summed E-state index contributed by atoms with van der Waals surface area (Å²) in [5.41, 5.74) is 2.01. The number of anilines is 1. The van der Waals surface area contributed by atoms with Gasteiger partial charge in [0, 0.05) is 44.0 Å². The van der Waals surface area contributed by atoms with E-state index in [1.54, 1.807) is 34.1 Å². The van der Waals surface area contributed by atoms with Gasteiger partial charge in [-0.2, -0.15) is 0 Å². The van der Waals surface area contributed by atoms with Crippen molar-refractivity contribution in [2.75, 3.05) is 37.6 Å². The van der Waals surface area contributed by atoms with Crippen molar-refractivity contribution in [2.24, 2.45) is 0 Å². The molecule has 29 heavy (non-hydrogen) atoms. The average Bonchev–Trinajstić information content (AvgIpc) is 2.74. The number of nitrogens with one attached hydrogen (secondary N) is 2. The zero-order valence-corrected chi connectivity index (χ0v) is 16.8. The highest BCUT2D eigenvalue weighted by atomic mass is 35.5. The van der Waals surface area contributed by atoms with Gasteiger partial charge in [-0.3, -0.25) is 9.69 Å². The van der Waals surface area contributed by atoms with E-state index in [-0.39, 0.29) is 36.2 Å². The first-order chi connectivity index (χ1) is 13.6. The normalized spacial score (nSPS) is 19.3. The number of amides is 3. The summed E-state index contributed by atoms with van der Waals surface area (Å²) in [7, 11) is 0. The van der Waals surface area contributed by atoms with Gasteiger partial charge >= 0.3 is 6.03 Å². The van der Waals surface area contributed by atoms with Crippen molar-refractivity contribution < 1.29 is 14.0 Å². The van der Waals surface area contributed by atoms with Gasteiger partial charge in [0.25, 0.3) is 5.91 Å². The molecule has 2 saturated heterocycles. The third-order valence-corrected chi connectivity index (χ3v) is 5.22. The van der Waals surface area contributed by atoms with E-state index in [4.69, 9.17) is 0 Å². The summed E-state index contributed by atoms with van der Waals surface area (Å²) in [5.74, 6) is -0.427. The van der Waals surface area contributed by atoms with Gasteiger partial charge in [0.1, 0.15) is 5.82 Å². The molecule has 0 aromatic heterocycles. The van der Waals surface area contributed by atoms with Crippen molar-refractivity contribution in [3.63, 3.8) is 0 Å². The second-order valence-corrected chi connectivity index (χ2v) is 7.06. The van der Waals surface area contributed by atoms with Crippen molar-refractivity contribution in [3.05, 3.63) is 65.5 Å². The van der Waals surface area contributed by atoms with Crippen LogP contribution in [-0.2, 0) is 0 Å². The molecule has 2 aromatic carbocycles. The third-order valence-electron chi connectivity index (χ3n) is 5.22. The molecule has 1 unspecified atom stereocenters. The van der Waals surface area contributed by atoms with Crippen molar-refractivity contribution in [1.29, 1.82) is 0 Å². The van der Waals surface area contributed by atoms with E-state index in [2.05, 4.69) is 10.6 Å². The lowest BCUT2D eigenvalue weighted by Gasteiger charge is -2.37. The number of carbonyl (C=O) groups is 2. The number of carbonyl (C=O) groups excluding carboxylic acids is 2. The van der Waals surface area contributed by atoms with Gasteiger partial charge in [-0.05, 0) is 42.3 Å². The van der Waals surface area contributed by atoms with Crippen LogP contribution < -0.4 is 15.5 Å². The van der Waals surface area contributed by atoms with Gasteiger partial charge in [0.2, 0.25) is 0 Å². The molecule has 0 aliphatic carbocycles. The Hall–Kier alpha value is -2.64. The lowest BCUT2D eigenvalue weighted by atomic mass is 10.0. The fourth-order valence-corrected chi connectivity index (χ4v) is 3.81. The number of halogens is 2. The number of benzene rings is 2. The van der Waals surface area contributed by atoms with Gasteiger partial charge in [-0.25, -0.2) is 9.18 Å². The molecule has 2 fully saturated rings. The Morgan fingerprint density at radius 2 is 1.90 bits per heavy atom. The SMILES string of the molecule is Cl.O=C1NCCCN1c1cccc(C(=O)N2CCNCC2c2cccc(F)c2)c1. The van der Waals surface area contributed by atoms with Gasteiger partial charge in [0.15, 0.2) is 0 Å². The van der Waals surface area contributed by atoms with Gasteiger partial charge in [-0.1, -0.05) is 18.2 Å². The number of urea groups is 1. The van der Waals surface area contributed by atoms with Gasteiger partial charge in [0.05, 0.1) is 6.04 Å². The van der Waals surface area contributed by atoms with Crippen LogP contribution >= 0.6 is 12.4 Å². The Morgan fingerprint density at radius 3 is 2.69 bits per heavy atom. The van der Waals surface area contributed by atoms with Crippen LogP contribution in [0.3, 0.4) is 0 Å². The van der Waals surface area contributed by atoms with E-state index in [9.17, 15) is 14.0 Å². The van der Waals surface area contributed by atoms with Crippen molar-refractivity contribution >= 4 is 30.0 Å². The fraction of sp³-hybridized carbons (Fsp3) is 0.333. The lowest BCUT2D eigenvalue weighted by Crippen LogP contribution is -2.49. The monoisotopic (exact) mass is 418 g/mol. The highest BCUT2D eigenvalue weighted by Gasteiger charge is 2.29. The second-order valence-electron chi connectivity index (χ2n) is 7.06. The van der Waals surface area contributed by atoms with E-state index in [0.717, 1.165) is 12.0 Å². The van der Waals surface area contributed by atoms with E-state index < -0.39 is 0 Å². The average molecular weight is 419 g/mol. The molecule has 2 aliphatic heterocycles. The molecule has 4 rings (SSSR count). The number of nitrogens with zero attached hydrogens (tertiary/aromatic N) is 2. The van der Waals surface area contributed by atoms with E-state index in [0.29, 0.717) is 44.0 Å². The molecule has 0 bridgehead atoms. The number of hydrogen-bond acceptors (Lipinski definition) is 3. The van der Waals surface area contributed by atoms with Crippen LogP contribution in [0.5, 0.6) is 0 Å². The number of hydrogen-bond donors (Lipinski definition) is 2. The molecule has 6 nitrogen and oxygen atoms in total. The maximum Gasteiger partial charge on any atom is 0.321 e. The Labute approximate surface area is 175 Å². The Morgan fingerprint density at radius 1 is 1.07 bits per heavy atom. The molecule has 154 valence electrons. The van der Waals surface area contributed by atoms with Gasteiger partial charge < -0.3 is 15.5 Å². The van der Waals surface area contributed by atoms with Crippen molar-refractivity contribution in [2.45, 2.75) is 12.5 Å². The standard InChI is InChI=1S/C21H23FN4O2.ClH/c22-17-6-1-4-15(12-17)19-14-23-9-11-26(19)20(27)16-5-2-7-18(13-16)25-10-3-8-24-21(25)28;/h1-2,4-7,12-13,19,23H,3,8-11,14H2,(H,24,28);1H. The smallest absolute Gasteiger partial charge is 0.321 e. The van der Waals surface area contributed by atoms with Crippen LogP contribution in [0, 0.1) is 5.82 Å². The lowest BCUT2D eigenvalue weighted by molar-refractivity contribution is 0.0634. The zero-order valence-electron chi connectivity index (χ0n) is 15.9. The Bertz CT molecular complexity index is 894. The summed E-state index contributed by atoms with van der Waals surface area (Å²) >= 11 is 0. The summed E-state index contributed by atoms with van der Waals surface area (Å²) in [4.78, 5) is 28.8. The molecule has 2 heterocycles. The molecule has 2 aromatic rings. The Balaban J connectivity index is 0.00000240. The molecule has 0 spiro atoms. The molecule has 2 aliphatic rings. The third kappa shape index (κ3) is 4.52. The highest BCUT2D eigenvalue weighted by molar-refractivity contribution is 5.98. The predicted octanol–water partition coefficient (Wildman–Crippen LogP) is 2.95.